The van der Waals surface area contributed by atoms with Crippen LogP contribution >= 0.6 is 0 Å². The smallest absolute Gasteiger partial charge is 0.266 e. The number of para-hydroxylation sites is 3. The summed E-state index contributed by atoms with van der Waals surface area (Å²) in [5, 5.41) is 18.8. The van der Waals surface area contributed by atoms with Crippen LogP contribution in [0.4, 0.5) is 15.5 Å². The average molecular weight is 693 g/mol. The van der Waals surface area contributed by atoms with Crippen molar-refractivity contribution in [2.45, 2.75) is 56.7 Å². The molecule has 0 fully saturated rings. The van der Waals surface area contributed by atoms with E-state index in [4.69, 9.17) is 14.2 Å². The van der Waals surface area contributed by atoms with Crippen molar-refractivity contribution in [3.05, 3.63) is 126 Å². The van der Waals surface area contributed by atoms with E-state index in [1.165, 1.54) is 0 Å². The first-order valence-corrected chi connectivity index (χ1v) is 19.9. The summed E-state index contributed by atoms with van der Waals surface area (Å²) in [4.78, 5) is 15.7. The van der Waals surface area contributed by atoms with Gasteiger partial charge in [-0.3, -0.25) is 14.4 Å². The second kappa shape index (κ2) is 13.8. The molecule has 11 heteroatoms. The summed E-state index contributed by atoms with van der Waals surface area (Å²) in [5.41, 5.74) is 3.76. The van der Waals surface area contributed by atoms with Crippen molar-refractivity contribution in [3.8, 4) is 17.2 Å². The standard InChI is InChI=1S/C39H41FN4O5Si/c1-25-37(47-2)29-22-27(44-32-15-9-11-17-35(32)48-33-16-10-8-14-28(33)39(44)46)18-19-34(29)49-38(25)36(50(3,4)40)20-21-43-23-31(41-42-43)30(24-45)26-12-6-5-7-13-26/h5-19,22-23,25,30,36-38,45H,20-21,24H2,1-4H3/t25-,30?,36?,37-,38-/m1/s1. The number of carbonyl (C=O) groups excluding carboxylic acids is 1. The Morgan fingerprint density at radius 2 is 1.68 bits per heavy atom. The van der Waals surface area contributed by atoms with Crippen LogP contribution < -0.4 is 14.4 Å². The number of benzene rings is 4. The van der Waals surface area contributed by atoms with Gasteiger partial charge < -0.3 is 23.4 Å². The number of rotatable bonds is 10. The van der Waals surface area contributed by atoms with Gasteiger partial charge in [0.2, 0.25) is 8.41 Å². The summed E-state index contributed by atoms with van der Waals surface area (Å²) in [6, 6.07) is 30.1. The predicted octanol–water partition coefficient (Wildman–Crippen LogP) is 8.21. The Morgan fingerprint density at radius 1 is 0.960 bits per heavy atom. The highest BCUT2D eigenvalue weighted by Crippen LogP contribution is 2.50. The van der Waals surface area contributed by atoms with Gasteiger partial charge in [0.1, 0.15) is 17.6 Å². The van der Waals surface area contributed by atoms with Crippen molar-refractivity contribution in [2.24, 2.45) is 5.92 Å². The molecule has 5 atom stereocenters. The largest absolute Gasteiger partial charge is 0.490 e. The molecule has 1 amide bonds. The monoisotopic (exact) mass is 692 g/mol. The van der Waals surface area contributed by atoms with E-state index < -0.39 is 20.6 Å². The molecular weight excluding hydrogens is 652 g/mol. The van der Waals surface area contributed by atoms with E-state index >= 15 is 4.11 Å². The maximum Gasteiger partial charge on any atom is 0.266 e. The predicted molar refractivity (Wildman–Crippen MR) is 192 cm³/mol. The minimum absolute atomic E-state index is 0.0950. The molecule has 50 heavy (non-hydrogen) atoms. The number of amides is 1. The number of halogens is 1. The zero-order valence-corrected chi connectivity index (χ0v) is 29.6. The summed E-state index contributed by atoms with van der Waals surface area (Å²) in [6.07, 6.45) is 1.47. The first-order chi connectivity index (χ1) is 24.2. The molecule has 0 saturated carbocycles. The Balaban J connectivity index is 1.16. The molecular formula is C39H41FN4O5Si. The summed E-state index contributed by atoms with van der Waals surface area (Å²) in [5.74, 6) is 0.971. The van der Waals surface area contributed by atoms with Crippen molar-refractivity contribution in [2.75, 3.05) is 18.6 Å². The summed E-state index contributed by atoms with van der Waals surface area (Å²) < 4.78 is 37.0. The lowest BCUT2D eigenvalue weighted by Crippen LogP contribution is -2.46. The molecule has 0 saturated heterocycles. The quantitative estimate of drug-likeness (QED) is 0.116. The molecule has 258 valence electrons. The Kier molecular flexibility index (Phi) is 9.30. The molecule has 1 N–H and O–H groups in total. The number of anilines is 2. The number of hydrogen-bond donors (Lipinski definition) is 1. The molecule has 5 aromatic rings. The van der Waals surface area contributed by atoms with Crippen LogP contribution in [0.25, 0.3) is 0 Å². The normalized spacial score (nSPS) is 19.7. The number of aryl methyl sites for hydroxylation is 1. The lowest BCUT2D eigenvalue weighted by molar-refractivity contribution is -0.0242. The second-order valence-corrected chi connectivity index (χ2v) is 17.4. The minimum atomic E-state index is -3.28. The van der Waals surface area contributed by atoms with Crippen molar-refractivity contribution in [1.29, 1.82) is 0 Å². The van der Waals surface area contributed by atoms with Gasteiger partial charge in [-0.25, -0.2) is 0 Å². The highest BCUT2D eigenvalue weighted by atomic mass is 28.4. The van der Waals surface area contributed by atoms with Crippen LogP contribution in [0, 0.1) is 5.92 Å². The van der Waals surface area contributed by atoms with Gasteiger partial charge in [-0.2, -0.15) is 0 Å². The molecule has 3 heterocycles. The number of nitrogens with zero attached hydrogens (tertiary/aromatic N) is 4. The highest BCUT2D eigenvalue weighted by Gasteiger charge is 2.47. The van der Waals surface area contributed by atoms with Crippen molar-refractivity contribution in [3.63, 3.8) is 0 Å². The number of ether oxygens (including phenoxy) is 3. The van der Waals surface area contributed by atoms with E-state index in [0.29, 0.717) is 52.8 Å². The van der Waals surface area contributed by atoms with Crippen molar-refractivity contribution >= 4 is 25.7 Å². The number of carbonyl (C=O) groups is 1. The number of aromatic nitrogens is 3. The van der Waals surface area contributed by atoms with Crippen LogP contribution in [-0.2, 0) is 11.3 Å². The van der Waals surface area contributed by atoms with Gasteiger partial charge in [-0.05, 0) is 67.5 Å². The molecule has 2 aliphatic rings. The fraction of sp³-hybridized carbons (Fsp3) is 0.308. The van der Waals surface area contributed by atoms with E-state index in [0.717, 1.165) is 11.1 Å². The molecule has 0 spiro atoms. The summed E-state index contributed by atoms with van der Waals surface area (Å²) >= 11 is 0. The summed E-state index contributed by atoms with van der Waals surface area (Å²) in [6.45, 7) is 5.83. The van der Waals surface area contributed by atoms with Crippen LogP contribution in [0.15, 0.2) is 103 Å². The number of methoxy groups -OCH3 is 1. The minimum Gasteiger partial charge on any atom is -0.490 e. The average Bonchev–Trinajstić information content (AvgIpc) is 3.53. The Bertz CT molecular complexity index is 1980. The number of aliphatic hydroxyl groups is 1. The first kappa shape index (κ1) is 33.6. The Hall–Kier alpha value is -4.84. The van der Waals surface area contributed by atoms with Crippen LogP contribution in [0.5, 0.6) is 17.2 Å². The van der Waals surface area contributed by atoms with Crippen LogP contribution in [-0.4, -0.2) is 54.2 Å². The third kappa shape index (κ3) is 6.32. The van der Waals surface area contributed by atoms with E-state index in [9.17, 15) is 9.90 Å². The topological polar surface area (TPSA) is 98.9 Å². The second-order valence-electron chi connectivity index (χ2n) is 13.5. The maximum absolute atomic E-state index is 16.3. The van der Waals surface area contributed by atoms with E-state index in [1.807, 2.05) is 98.0 Å². The zero-order chi connectivity index (χ0) is 35.0. The fourth-order valence-electron chi connectivity index (χ4n) is 7.38. The lowest BCUT2D eigenvalue weighted by Gasteiger charge is -2.43. The molecule has 4 aromatic carbocycles. The van der Waals surface area contributed by atoms with E-state index in [2.05, 4.69) is 10.3 Å². The number of aliphatic hydroxyl groups excluding tert-OH is 1. The molecule has 0 bridgehead atoms. The fourth-order valence-corrected chi connectivity index (χ4v) is 9.34. The van der Waals surface area contributed by atoms with Gasteiger partial charge >= 0.3 is 0 Å². The van der Waals surface area contributed by atoms with Gasteiger partial charge in [0, 0.05) is 36.9 Å². The number of fused-ring (bicyclic) bond motifs is 3. The molecule has 9 nitrogen and oxygen atoms in total. The number of hydrogen-bond acceptors (Lipinski definition) is 7. The molecule has 7 rings (SSSR count). The third-order valence-electron chi connectivity index (χ3n) is 9.96. The summed E-state index contributed by atoms with van der Waals surface area (Å²) in [7, 11) is -1.63. The van der Waals surface area contributed by atoms with Gasteiger partial charge in [0.15, 0.2) is 5.75 Å². The molecule has 2 unspecified atom stereocenters. The van der Waals surface area contributed by atoms with Gasteiger partial charge in [0.25, 0.3) is 5.91 Å². The SMILES string of the molecule is CO[C@H]1c2cc(N3C(=O)c4ccccc4Oc4ccccc43)ccc2O[C@@H](C(CCn2cc(C(CO)c3ccccc3)nn2)[Si](C)(C)F)[C@@H]1C. The lowest BCUT2D eigenvalue weighted by atomic mass is 9.86. The van der Waals surface area contributed by atoms with Crippen LogP contribution in [0.2, 0.25) is 18.6 Å². The van der Waals surface area contributed by atoms with E-state index in [1.54, 1.807) is 41.9 Å². The van der Waals surface area contributed by atoms with Crippen molar-refractivity contribution < 1.29 is 28.2 Å². The van der Waals surface area contributed by atoms with Gasteiger partial charge in [-0.15, -0.1) is 5.10 Å². The Morgan fingerprint density at radius 3 is 2.42 bits per heavy atom. The highest BCUT2D eigenvalue weighted by molar-refractivity contribution is 6.72. The third-order valence-corrected chi connectivity index (χ3v) is 12.3. The molecule has 0 aliphatic carbocycles. The first-order valence-electron chi connectivity index (χ1n) is 17.0. The Labute approximate surface area is 292 Å². The van der Waals surface area contributed by atoms with Gasteiger partial charge in [-0.1, -0.05) is 66.7 Å². The zero-order valence-electron chi connectivity index (χ0n) is 28.6. The van der Waals surface area contributed by atoms with Crippen LogP contribution in [0.3, 0.4) is 0 Å². The molecule has 0 radical (unpaired) electrons. The van der Waals surface area contributed by atoms with Crippen LogP contribution in [0.1, 0.15) is 52.5 Å². The van der Waals surface area contributed by atoms with E-state index in [-0.39, 0.29) is 29.9 Å². The molecule has 2 aliphatic heterocycles. The van der Waals surface area contributed by atoms with Crippen molar-refractivity contribution in [1.82, 2.24) is 15.0 Å². The van der Waals surface area contributed by atoms with Gasteiger partial charge in [0.05, 0.1) is 41.3 Å². The molecule has 1 aromatic heterocycles. The maximum atomic E-state index is 16.3.